The van der Waals surface area contributed by atoms with E-state index in [1.54, 1.807) is 0 Å². The van der Waals surface area contributed by atoms with E-state index in [0.29, 0.717) is 12.1 Å². The molecule has 0 aromatic rings. The average molecular weight is 282 g/mol. The summed E-state index contributed by atoms with van der Waals surface area (Å²) in [6.07, 6.45) is 7.30. The normalized spacial score (nSPS) is 36.3. The summed E-state index contributed by atoms with van der Waals surface area (Å²) < 4.78 is 6.14. The van der Waals surface area contributed by atoms with Crippen LogP contribution >= 0.6 is 0 Å². The van der Waals surface area contributed by atoms with E-state index in [2.05, 4.69) is 37.9 Å². The predicted molar refractivity (Wildman–Crippen MR) is 85.2 cm³/mol. The van der Waals surface area contributed by atoms with Crippen molar-refractivity contribution in [1.29, 1.82) is 0 Å². The Morgan fingerprint density at radius 1 is 1.05 bits per heavy atom. The van der Waals surface area contributed by atoms with Crippen LogP contribution in [0.15, 0.2) is 0 Å². The van der Waals surface area contributed by atoms with E-state index >= 15 is 0 Å². The fraction of sp³-hybridized carbons (Fsp3) is 1.00. The summed E-state index contributed by atoms with van der Waals surface area (Å²) in [6.45, 7) is 12.7. The third-order valence-electron chi connectivity index (χ3n) is 5.54. The number of ether oxygens (including phenoxy) is 1. The van der Waals surface area contributed by atoms with Crippen LogP contribution in [-0.2, 0) is 4.74 Å². The summed E-state index contributed by atoms with van der Waals surface area (Å²) in [7, 11) is 0. The average Bonchev–Trinajstić information content (AvgIpc) is 2.45. The van der Waals surface area contributed by atoms with Gasteiger partial charge in [0.05, 0.1) is 5.60 Å². The Balaban J connectivity index is 1.98. The lowest BCUT2D eigenvalue weighted by molar-refractivity contribution is -0.111. The Labute approximate surface area is 125 Å². The molecule has 2 aliphatic heterocycles. The second kappa shape index (κ2) is 7.24. The first-order chi connectivity index (χ1) is 9.58. The van der Waals surface area contributed by atoms with Gasteiger partial charge in [-0.05, 0) is 65.5 Å². The first-order valence-corrected chi connectivity index (χ1v) is 8.72. The van der Waals surface area contributed by atoms with Gasteiger partial charge in [0.15, 0.2) is 0 Å². The molecule has 3 heteroatoms. The molecule has 2 rings (SSSR count). The monoisotopic (exact) mass is 282 g/mol. The minimum Gasteiger partial charge on any atom is -0.375 e. The predicted octanol–water partition coefficient (Wildman–Crippen LogP) is 3.19. The maximum absolute atomic E-state index is 6.14. The summed E-state index contributed by atoms with van der Waals surface area (Å²) in [6, 6.07) is 2.03. The zero-order valence-corrected chi connectivity index (χ0v) is 14.0. The molecule has 2 heterocycles. The molecule has 0 radical (unpaired) electrons. The minimum atomic E-state index is 0.154. The lowest BCUT2D eigenvalue weighted by Crippen LogP contribution is -2.51. The smallest absolute Gasteiger partial charge is 0.0692 e. The zero-order chi connectivity index (χ0) is 14.6. The van der Waals surface area contributed by atoms with Gasteiger partial charge in [0.1, 0.15) is 0 Å². The molecule has 20 heavy (non-hydrogen) atoms. The summed E-state index contributed by atoms with van der Waals surface area (Å²) in [5.41, 5.74) is 0.154. The van der Waals surface area contributed by atoms with Gasteiger partial charge < -0.3 is 15.0 Å². The standard InChI is InChI=1S/C17H34N2O/c1-5-17(6-2)13-16(9-12-20-17)19-10-7-14(3)18-15(4)8-11-19/h14-16,18H,5-13H2,1-4H3. The molecule has 0 aromatic carbocycles. The number of rotatable bonds is 3. The van der Waals surface area contributed by atoms with E-state index < -0.39 is 0 Å². The number of nitrogens with zero attached hydrogens (tertiary/aromatic N) is 1. The van der Waals surface area contributed by atoms with Gasteiger partial charge in [0.2, 0.25) is 0 Å². The first kappa shape index (κ1) is 16.3. The second-order valence-electron chi connectivity index (χ2n) is 6.97. The lowest BCUT2D eigenvalue weighted by atomic mass is 9.85. The van der Waals surface area contributed by atoms with E-state index in [9.17, 15) is 0 Å². The summed E-state index contributed by atoms with van der Waals surface area (Å²) in [5, 5.41) is 3.69. The Bertz CT molecular complexity index is 279. The lowest BCUT2D eigenvalue weighted by Gasteiger charge is -2.45. The molecule has 0 bridgehead atoms. The Morgan fingerprint density at radius 2 is 1.65 bits per heavy atom. The molecule has 0 aromatic heterocycles. The molecule has 0 amide bonds. The van der Waals surface area contributed by atoms with Crippen LogP contribution in [0.25, 0.3) is 0 Å². The molecule has 2 aliphatic rings. The van der Waals surface area contributed by atoms with E-state index in [1.807, 2.05) is 0 Å². The van der Waals surface area contributed by atoms with E-state index in [-0.39, 0.29) is 5.60 Å². The van der Waals surface area contributed by atoms with Gasteiger partial charge >= 0.3 is 0 Å². The highest BCUT2D eigenvalue weighted by Gasteiger charge is 2.37. The molecule has 2 fully saturated rings. The zero-order valence-electron chi connectivity index (χ0n) is 14.0. The van der Waals surface area contributed by atoms with Gasteiger partial charge in [-0.25, -0.2) is 0 Å². The van der Waals surface area contributed by atoms with Crippen molar-refractivity contribution in [3.63, 3.8) is 0 Å². The molecule has 0 aliphatic carbocycles. The van der Waals surface area contributed by atoms with Crippen LogP contribution in [0.3, 0.4) is 0 Å². The summed E-state index contributed by atoms with van der Waals surface area (Å²) in [4.78, 5) is 2.76. The third-order valence-corrected chi connectivity index (χ3v) is 5.54. The quantitative estimate of drug-likeness (QED) is 0.860. The summed E-state index contributed by atoms with van der Waals surface area (Å²) in [5.74, 6) is 0. The maximum Gasteiger partial charge on any atom is 0.0692 e. The molecule has 0 spiro atoms. The molecule has 3 atom stereocenters. The van der Waals surface area contributed by atoms with Gasteiger partial charge in [0, 0.05) is 24.7 Å². The SMILES string of the molecule is CCC1(CC)CC(N2CCC(C)NC(C)CC2)CCO1. The van der Waals surface area contributed by atoms with Crippen molar-refractivity contribution in [3.05, 3.63) is 0 Å². The topological polar surface area (TPSA) is 24.5 Å². The van der Waals surface area contributed by atoms with Crippen molar-refractivity contribution in [2.75, 3.05) is 19.7 Å². The maximum atomic E-state index is 6.14. The van der Waals surface area contributed by atoms with Crippen LogP contribution in [0.5, 0.6) is 0 Å². The largest absolute Gasteiger partial charge is 0.375 e. The molecular weight excluding hydrogens is 248 g/mol. The Morgan fingerprint density at radius 3 is 2.20 bits per heavy atom. The minimum absolute atomic E-state index is 0.154. The molecule has 118 valence electrons. The summed E-state index contributed by atoms with van der Waals surface area (Å²) >= 11 is 0. The molecular formula is C17H34N2O. The molecule has 2 saturated heterocycles. The number of nitrogens with one attached hydrogen (secondary N) is 1. The fourth-order valence-corrected chi connectivity index (χ4v) is 3.90. The number of hydrogen-bond acceptors (Lipinski definition) is 3. The van der Waals surface area contributed by atoms with Crippen molar-refractivity contribution < 1.29 is 4.74 Å². The van der Waals surface area contributed by atoms with Crippen molar-refractivity contribution in [2.24, 2.45) is 0 Å². The van der Waals surface area contributed by atoms with Gasteiger partial charge in [0.25, 0.3) is 0 Å². The van der Waals surface area contributed by atoms with Gasteiger partial charge in [-0.3, -0.25) is 0 Å². The Hall–Kier alpha value is -0.120. The molecule has 3 nitrogen and oxygen atoms in total. The van der Waals surface area contributed by atoms with Gasteiger partial charge in [-0.2, -0.15) is 0 Å². The van der Waals surface area contributed by atoms with Crippen molar-refractivity contribution >= 4 is 0 Å². The molecule has 1 N–H and O–H groups in total. The molecule has 3 unspecified atom stereocenters. The third kappa shape index (κ3) is 3.96. The van der Waals surface area contributed by atoms with E-state index in [4.69, 9.17) is 4.74 Å². The van der Waals surface area contributed by atoms with Crippen LogP contribution in [0.4, 0.5) is 0 Å². The van der Waals surface area contributed by atoms with Crippen LogP contribution in [0, 0.1) is 0 Å². The number of hydrogen-bond donors (Lipinski definition) is 1. The molecule has 0 saturated carbocycles. The van der Waals surface area contributed by atoms with Crippen LogP contribution < -0.4 is 5.32 Å². The van der Waals surface area contributed by atoms with E-state index in [1.165, 1.54) is 38.8 Å². The van der Waals surface area contributed by atoms with Crippen molar-refractivity contribution in [3.8, 4) is 0 Å². The van der Waals surface area contributed by atoms with Gasteiger partial charge in [-0.1, -0.05) is 13.8 Å². The van der Waals surface area contributed by atoms with Crippen LogP contribution in [0.2, 0.25) is 0 Å². The second-order valence-corrected chi connectivity index (χ2v) is 6.97. The van der Waals surface area contributed by atoms with Crippen LogP contribution in [0.1, 0.15) is 66.2 Å². The highest BCUT2D eigenvalue weighted by atomic mass is 16.5. The first-order valence-electron chi connectivity index (χ1n) is 8.72. The highest BCUT2D eigenvalue weighted by Crippen LogP contribution is 2.34. The van der Waals surface area contributed by atoms with E-state index in [0.717, 1.165) is 25.5 Å². The van der Waals surface area contributed by atoms with Crippen molar-refractivity contribution in [2.45, 2.75) is 89.9 Å². The van der Waals surface area contributed by atoms with Crippen molar-refractivity contribution in [1.82, 2.24) is 10.2 Å². The van der Waals surface area contributed by atoms with Gasteiger partial charge in [-0.15, -0.1) is 0 Å². The fourth-order valence-electron chi connectivity index (χ4n) is 3.90. The Kier molecular flexibility index (Phi) is 5.88. The van der Waals surface area contributed by atoms with Crippen LogP contribution in [-0.4, -0.2) is 48.3 Å². The highest BCUT2D eigenvalue weighted by molar-refractivity contribution is 4.90.